The number of thiocarbonyl (C=S) groups is 1. The lowest BCUT2D eigenvalue weighted by Gasteiger charge is -2.19. The van der Waals surface area contributed by atoms with Crippen molar-refractivity contribution in [1.29, 1.82) is 0 Å². The lowest BCUT2D eigenvalue weighted by molar-refractivity contribution is 0.0572. The van der Waals surface area contributed by atoms with E-state index in [2.05, 4.69) is 12.2 Å². The molecule has 0 bridgehead atoms. The molecule has 3 atom stereocenters. The number of aliphatic hydroxyl groups excluding tert-OH is 2. The normalized spacial score (nSPS) is 30.3. The summed E-state index contributed by atoms with van der Waals surface area (Å²) in [6.45, 7) is 1.15. The molecule has 1 aliphatic rings. The quantitative estimate of drug-likeness (QED) is 0.505. The van der Waals surface area contributed by atoms with Gasteiger partial charge in [-0.05, 0) is 6.92 Å². The summed E-state index contributed by atoms with van der Waals surface area (Å²) in [4.78, 5) is -0.120. The summed E-state index contributed by atoms with van der Waals surface area (Å²) in [6, 6.07) is 0. The minimum atomic E-state index is -3.66. The van der Waals surface area contributed by atoms with Crippen LogP contribution in [0, 0.1) is 0 Å². The van der Waals surface area contributed by atoms with Gasteiger partial charge in [0.05, 0.1) is 17.2 Å². The molecule has 0 radical (unpaired) electrons. The first-order valence-corrected chi connectivity index (χ1v) is 6.32. The summed E-state index contributed by atoms with van der Waals surface area (Å²) in [7, 11) is -3.66. The zero-order chi connectivity index (χ0) is 11.8. The number of nitrogens with two attached hydrogens (primary N) is 1. The molecule has 1 saturated heterocycles. The van der Waals surface area contributed by atoms with Crippen molar-refractivity contribution in [3.8, 4) is 0 Å². The van der Waals surface area contributed by atoms with Crippen LogP contribution < -0.4 is 5.73 Å². The maximum Gasteiger partial charge on any atom is 0.223 e. The first kappa shape index (κ1) is 12.8. The molecule has 15 heavy (non-hydrogen) atoms. The zero-order valence-electron chi connectivity index (χ0n) is 8.20. The second kappa shape index (κ2) is 4.30. The minimum absolute atomic E-state index is 0.115. The third-order valence-electron chi connectivity index (χ3n) is 2.43. The fraction of sp³-hybridized carbons (Fsp3) is 0.857. The van der Waals surface area contributed by atoms with E-state index in [1.807, 2.05) is 0 Å². The van der Waals surface area contributed by atoms with Gasteiger partial charge in [-0.3, -0.25) is 0 Å². The fourth-order valence-electron chi connectivity index (χ4n) is 1.31. The molecule has 0 aromatic carbocycles. The third kappa shape index (κ3) is 2.45. The molecule has 4 N–H and O–H groups in total. The van der Waals surface area contributed by atoms with Gasteiger partial charge in [0.25, 0.3) is 0 Å². The van der Waals surface area contributed by atoms with E-state index in [9.17, 15) is 18.6 Å². The largest absolute Gasteiger partial charge is 0.392 e. The fourth-order valence-corrected chi connectivity index (χ4v) is 3.14. The second-order valence-electron chi connectivity index (χ2n) is 3.54. The molecule has 1 fully saturated rings. The molecule has 6 nitrogen and oxygen atoms in total. The van der Waals surface area contributed by atoms with Crippen LogP contribution in [0.3, 0.4) is 0 Å². The highest BCUT2D eigenvalue weighted by Crippen LogP contribution is 2.18. The van der Waals surface area contributed by atoms with E-state index in [1.54, 1.807) is 0 Å². The Labute approximate surface area is 93.7 Å². The second-order valence-corrected chi connectivity index (χ2v) is 6.27. The van der Waals surface area contributed by atoms with Crippen molar-refractivity contribution in [3.63, 3.8) is 0 Å². The van der Waals surface area contributed by atoms with Gasteiger partial charge in [0, 0.05) is 13.1 Å². The van der Waals surface area contributed by atoms with Gasteiger partial charge in [0.2, 0.25) is 10.0 Å². The van der Waals surface area contributed by atoms with Crippen molar-refractivity contribution >= 4 is 27.2 Å². The highest BCUT2D eigenvalue weighted by molar-refractivity contribution is 7.92. The smallest absolute Gasteiger partial charge is 0.223 e. The Hall–Kier alpha value is -0.280. The van der Waals surface area contributed by atoms with Gasteiger partial charge in [-0.1, -0.05) is 12.2 Å². The van der Waals surface area contributed by atoms with Crippen molar-refractivity contribution in [3.05, 3.63) is 0 Å². The van der Waals surface area contributed by atoms with Crippen molar-refractivity contribution in [2.45, 2.75) is 24.4 Å². The minimum Gasteiger partial charge on any atom is -0.392 e. The number of hydrogen-bond donors (Lipinski definition) is 3. The van der Waals surface area contributed by atoms with Gasteiger partial charge in [-0.15, -0.1) is 0 Å². The first-order valence-electron chi connectivity index (χ1n) is 4.41. The summed E-state index contributed by atoms with van der Waals surface area (Å²) < 4.78 is 24.6. The molecule has 0 aromatic heterocycles. The number of hydrogen-bond acceptors (Lipinski definition) is 5. The monoisotopic (exact) mass is 254 g/mol. The maximum absolute atomic E-state index is 11.8. The van der Waals surface area contributed by atoms with Crippen LogP contribution in [0.2, 0.25) is 0 Å². The van der Waals surface area contributed by atoms with Crippen LogP contribution in [0.25, 0.3) is 0 Å². The average molecular weight is 254 g/mol. The Morgan fingerprint density at radius 1 is 1.47 bits per heavy atom. The highest BCUT2D eigenvalue weighted by atomic mass is 32.2. The maximum atomic E-state index is 11.8. The number of aliphatic hydroxyl groups is 2. The molecule has 1 aliphatic heterocycles. The molecule has 0 aliphatic carbocycles. The molecule has 88 valence electrons. The number of β-amino-alcohol motifs (C(OH)–C–C–N with tert-alkyl or cyclic N) is 2. The lowest BCUT2D eigenvalue weighted by atomic mass is 10.3. The molecule has 8 heteroatoms. The number of nitrogens with zero attached hydrogens (tertiary/aromatic N) is 1. The van der Waals surface area contributed by atoms with Gasteiger partial charge in [-0.25, -0.2) is 8.42 Å². The van der Waals surface area contributed by atoms with Crippen LogP contribution >= 0.6 is 12.2 Å². The average Bonchev–Trinajstić information content (AvgIpc) is 2.46. The van der Waals surface area contributed by atoms with Gasteiger partial charge >= 0.3 is 0 Å². The highest BCUT2D eigenvalue weighted by Gasteiger charge is 2.39. The van der Waals surface area contributed by atoms with Crippen molar-refractivity contribution in [2.24, 2.45) is 5.73 Å². The Balaban J connectivity index is 2.85. The third-order valence-corrected chi connectivity index (χ3v) is 5.10. The summed E-state index contributed by atoms with van der Waals surface area (Å²) >= 11 is 4.61. The number of rotatable bonds is 3. The van der Waals surface area contributed by atoms with Crippen molar-refractivity contribution in [1.82, 2.24) is 4.31 Å². The lowest BCUT2D eigenvalue weighted by Crippen LogP contribution is -2.42. The Morgan fingerprint density at radius 3 is 2.20 bits per heavy atom. The van der Waals surface area contributed by atoms with Crippen LogP contribution in [-0.2, 0) is 10.0 Å². The van der Waals surface area contributed by atoms with Gasteiger partial charge < -0.3 is 15.9 Å². The van der Waals surface area contributed by atoms with Crippen LogP contribution in [0.4, 0.5) is 0 Å². The molecule has 1 rings (SSSR count). The molecule has 3 unspecified atom stereocenters. The van der Waals surface area contributed by atoms with Crippen molar-refractivity contribution < 1.29 is 18.6 Å². The molecule has 0 aromatic rings. The Morgan fingerprint density at radius 2 is 1.87 bits per heavy atom. The SMILES string of the molecule is CC(C(N)=S)S(=O)(=O)N1CC(O)C(O)C1. The van der Waals surface area contributed by atoms with E-state index >= 15 is 0 Å². The van der Waals surface area contributed by atoms with Crippen LogP contribution in [0.5, 0.6) is 0 Å². The van der Waals surface area contributed by atoms with Crippen LogP contribution in [-0.4, -0.2) is 58.5 Å². The van der Waals surface area contributed by atoms with Gasteiger partial charge in [0.1, 0.15) is 5.25 Å². The zero-order valence-corrected chi connectivity index (χ0v) is 9.83. The predicted octanol–water partition coefficient (Wildman–Crippen LogP) is -1.97. The standard InChI is InChI=1S/C7H14N2O4S2/c1-4(7(8)14)15(12,13)9-2-5(10)6(11)3-9/h4-6,10-11H,2-3H2,1H3,(H2,8,14). The van der Waals surface area contributed by atoms with Crippen LogP contribution in [0.15, 0.2) is 0 Å². The van der Waals surface area contributed by atoms with E-state index in [1.165, 1.54) is 6.92 Å². The summed E-state index contributed by atoms with van der Waals surface area (Å²) in [5.41, 5.74) is 5.26. The summed E-state index contributed by atoms with van der Waals surface area (Å²) in [5, 5.41) is 17.5. The first-order chi connectivity index (χ1) is 6.76. The summed E-state index contributed by atoms with van der Waals surface area (Å²) in [5.74, 6) is 0. The predicted molar refractivity (Wildman–Crippen MR) is 58.8 cm³/mol. The molecule has 1 heterocycles. The van der Waals surface area contributed by atoms with E-state index in [4.69, 9.17) is 5.73 Å². The molecule has 0 amide bonds. The van der Waals surface area contributed by atoms with E-state index in [0.29, 0.717) is 0 Å². The molecule has 0 saturated carbocycles. The summed E-state index contributed by atoms with van der Waals surface area (Å²) in [6.07, 6.45) is -2.09. The number of sulfonamides is 1. The van der Waals surface area contributed by atoms with E-state index in [-0.39, 0.29) is 18.1 Å². The molecular formula is C7H14N2O4S2. The molecule has 0 spiro atoms. The van der Waals surface area contributed by atoms with Crippen molar-refractivity contribution in [2.75, 3.05) is 13.1 Å². The topological polar surface area (TPSA) is 104 Å². The Kier molecular flexibility index (Phi) is 3.67. The van der Waals surface area contributed by atoms with E-state index < -0.39 is 27.5 Å². The van der Waals surface area contributed by atoms with Gasteiger partial charge in [0.15, 0.2) is 0 Å². The van der Waals surface area contributed by atoms with Gasteiger partial charge in [-0.2, -0.15) is 4.31 Å². The van der Waals surface area contributed by atoms with E-state index in [0.717, 1.165) is 4.31 Å². The Bertz CT molecular complexity index is 346. The molecular weight excluding hydrogens is 240 g/mol. The van der Waals surface area contributed by atoms with Crippen LogP contribution in [0.1, 0.15) is 6.92 Å².